The molecule has 3 unspecified atom stereocenters. The van der Waals surface area contributed by atoms with Crippen LogP contribution in [0, 0.1) is 0 Å². The quantitative estimate of drug-likeness (QED) is 0.197. The summed E-state index contributed by atoms with van der Waals surface area (Å²) in [6.45, 7) is -0.374. The fourth-order valence-corrected chi connectivity index (χ4v) is 10.3. The number of halogens is 1. The van der Waals surface area contributed by atoms with Crippen LogP contribution in [0.2, 0.25) is 0 Å². The van der Waals surface area contributed by atoms with E-state index in [9.17, 15) is 9.59 Å². The van der Waals surface area contributed by atoms with Crippen molar-refractivity contribution >= 4 is 90.2 Å². The Morgan fingerprint density at radius 3 is 2.54 bits per heavy atom. The molecular formula is C31H25BrN2O3S4. The number of anilines is 2. The Labute approximate surface area is 264 Å². The van der Waals surface area contributed by atoms with E-state index in [2.05, 4.69) is 87.6 Å². The monoisotopic (exact) mass is 680 g/mol. The van der Waals surface area contributed by atoms with Crippen LogP contribution in [0.4, 0.5) is 11.4 Å². The maximum Gasteiger partial charge on any atom is 0.323 e. The van der Waals surface area contributed by atoms with Crippen LogP contribution >= 0.6 is 62.6 Å². The van der Waals surface area contributed by atoms with Gasteiger partial charge in [-0.1, -0.05) is 52.4 Å². The van der Waals surface area contributed by atoms with Crippen LogP contribution in [0.1, 0.15) is 35.6 Å². The number of amides is 1. The third-order valence-corrected chi connectivity index (χ3v) is 12.6. The smallest absolute Gasteiger partial charge is 0.323 e. The van der Waals surface area contributed by atoms with Crippen LogP contribution in [0.15, 0.2) is 71.2 Å². The zero-order chi connectivity index (χ0) is 28.2. The number of nitrogens with zero attached hydrogens (tertiary/aromatic N) is 2. The zero-order valence-electron chi connectivity index (χ0n) is 21.8. The van der Waals surface area contributed by atoms with Crippen molar-refractivity contribution in [2.75, 3.05) is 11.4 Å². The van der Waals surface area contributed by atoms with Crippen molar-refractivity contribution < 1.29 is 14.7 Å². The number of thiophene rings is 2. The number of thiocarbonyl (C=S) groups is 1. The standard InChI is InChI=1S/C31H25BrN2O3S4/c32-18-5-7-19(8-6-18)34-23-3-1-2-21(23)22-14-17(4-10-24(22)34)25-12-13-27(40-25)26-11-9-20(39-26)15-28-30(37)33(16-29(35)36)31(38)41-28/h4-14,21,23,28H,1-3,15-16H2,(H,35,36). The molecule has 4 heterocycles. The zero-order valence-corrected chi connectivity index (χ0v) is 26.6. The summed E-state index contributed by atoms with van der Waals surface area (Å²) in [4.78, 5) is 32.3. The van der Waals surface area contributed by atoms with E-state index in [4.69, 9.17) is 17.3 Å². The number of benzene rings is 2. The second-order valence-corrected chi connectivity index (χ2v) is 15.6. The molecule has 2 aromatic heterocycles. The number of carboxylic acids is 1. The molecule has 4 aromatic rings. The van der Waals surface area contributed by atoms with Gasteiger partial charge in [-0.2, -0.15) is 0 Å². The van der Waals surface area contributed by atoms with Gasteiger partial charge in [0.05, 0.1) is 5.25 Å². The second-order valence-electron chi connectivity index (χ2n) is 10.5. The predicted octanol–water partition coefficient (Wildman–Crippen LogP) is 8.55. The number of thioether (sulfide) groups is 1. The molecule has 2 aliphatic heterocycles. The third kappa shape index (κ3) is 5.07. The molecule has 41 heavy (non-hydrogen) atoms. The summed E-state index contributed by atoms with van der Waals surface area (Å²) in [6, 6.07) is 24.8. The molecule has 1 N–H and O–H groups in total. The second kappa shape index (κ2) is 11.0. The lowest BCUT2D eigenvalue weighted by atomic mass is 9.95. The lowest BCUT2D eigenvalue weighted by molar-refractivity contribution is -0.141. The van der Waals surface area contributed by atoms with E-state index < -0.39 is 5.97 Å². The molecule has 1 aliphatic carbocycles. The summed E-state index contributed by atoms with van der Waals surface area (Å²) in [5.74, 6) is -0.693. The fourth-order valence-electron chi connectivity index (χ4n) is 6.28. The fraction of sp³-hybridized carbons (Fsp3) is 0.258. The number of hydrogen-bond donors (Lipinski definition) is 1. The Bertz CT molecular complexity index is 1680. The van der Waals surface area contributed by atoms with Gasteiger partial charge in [-0.05, 0) is 84.6 Å². The molecular weight excluding hydrogens is 657 g/mol. The van der Waals surface area contributed by atoms with E-state index >= 15 is 0 Å². The van der Waals surface area contributed by atoms with Gasteiger partial charge in [0.15, 0.2) is 0 Å². The van der Waals surface area contributed by atoms with Crippen molar-refractivity contribution in [3.8, 4) is 20.2 Å². The Kier molecular flexibility index (Phi) is 7.31. The molecule has 5 nitrogen and oxygen atoms in total. The van der Waals surface area contributed by atoms with Gasteiger partial charge in [-0.15, -0.1) is 22.7 Å². The maximum atomic E-state index is 12.7. The first-order chi connectivity index (χ1) is 19.9. The largest absolute Gasteiger partial charge is 0.480 e. The van der Waals surface area contributed by atoms with Crippen molar-refractivity contribution in [3.63, 3.8) is 0 Å². The minimum Gasteiger partial charge on any atom is -0.480 e. The molecule has 2 fully saturated rings. The first-order valence-electron chi connectivity index (χ1n) is 13.5. The van der Waals surface area contributed by atoms with Gasteiger partial charge in [0.2, 0.25) is 5.91 Å². The van der Waals surface area contributed by atoms with E-state index in [1.54, 1.807) is 22.7 Å². The number of carbonyl (C=O) groups excluding carboxylic acids is 1. The lowest BCUT2D eigenvalue weighted by Gasteiger charge is -2.27. The summed E-state index contributed by atoms with van der Waals surface area (Å²) in [7, 11) is 0. The molecule has 0 spiro atoms. The van der Waals surface area contributed by atoms with Crippen LogP contribution in [-0.4, -0.2) is 44.0 Å². The molecule has 10 heteroatoms. The highest BCUT2D eigenvalue weighted by Crippen LogP contribution is 2.53. The minimum absolute atomic E-state index is 0.212. The Morgan fingerprint density at radius 2 is 1.73 bits per heavy atom. The summed E-state index contributed by atoms with van der Waals surface area (Å²) in [5, 5.41) is 8.72. The number of hydrogen-bond acceptors (Lipinski definition) is 7. The van der Waals surface area contributed by atoms with Gasteiger partial charge in [-0.25, -0.2) is 0 Å². The van der Waals surface area contributed by atoms with Crippen molar-refractivity contribution in [1.82, 2.24) is 4.90 Å². The van der Waals surface area contributed by atoms with E-state index in [0.29, 0.717) is 22.7 Å². The van der Waals surface area contributed by atoms with Crippen molar-refractivity contribution in [2.24, 2.45) is 0 Å². The first-order valence-corrected chi connectivity index (χ1v) is 17.2. The Morgan fingerprint density at radius 1 is 0.976 bits per heavy atom. The minimum atomic E-state index is -1.05. The molecule has 208 valence electrons. The molecule has 3 aliphatic rings. The van der Waals surface area contributed by atoms with Gasteiger partial charge in [-0.3, -0.25) is 14.5 Å². The molecule has 7 rings (SSSR count). The molecule has 1 amide bonds. The highest BCUT2D eigenvalue weighted by atomic mass is 79.9. The lowest BCUT2D eigenvalue weighted by Crippen LogP contribution is -2.36. The highest BCUT2D eigenvalue weighted by molar-refractivity contribution is 9.10. The normalized spacial score (nSPS) is 21.5. The van der Waals surface area contributed by atoms with Gasteiger partial charge in [0.1, 0.15) is 10.9 Å². The third-order valence-electron chi connectivity index (χ3n) is 8.08. The summed E-state index contributed by atoms with van der Waals surface area (Å²) < 4.78 is 1.45. The van der Waals surface area contributed by atoms with Gasteiger partial charge >= 0.3 is 5.97 Å². The van der Waals surface area contributed by atoms with Crippen LogP contribution in [0.3, 0.4) is 0 Å². The number of rotatable bonds is 7. The summed E-state index contributed by atoms with van der Waals surface area (Å²) in [6.07, 6.45) is 4.28. The van der Waals surface area contributed by atoms with Crippen molar-refractivity contribution in [1.29, 1.82) is 0 Å². The van der Waals surface area contributed by atoms with Gasteiger partial charge in [0, 0.05) is 53.7 Å². The maximum absolute atomic E-state index is 12.7. The average molecular weight is 682 g/mol. The summed E-state index contributed by atoms with van der Waals surface area (Å²) >= 11 is 13.6. The first kappa shape index (κ1) is 27.3. The van der Waals surface area contributed by atoms with E-state index in [1.807, 2.05) is 0 Å². The molecule has 0 radical (unpaired) electrons. The molecule has 2 aromatic carbocycles. The van der Waals surface area contributed by atoms with Crippen molar-refractivity contribution in [3.05, 3.63) is 81.6 Å². The Hall–Kier alpha value is -2.50. The predicted molar refractivity (Wildman–Crippen MR) is 177 cm³/mol. The number of fused-ring (bicyclic) bond motifs is 3. The molecule has 3 atom stereocenters. The SMILES string of the molecule is O=C(O)CN1C(=O)C(Cc2ccc(-c3ccc(-c4ccc5c(c4)C4CCCC4N5c4ccc(Br)cc4)s3)s2)SC1=S. The number of aliphatic carboxylic acids is 1. The van der Waals surface area contributed by atoms with Gasteiger partial charge in [0.25, 0.3) is 0 Å². The van der Waals surface area contributed by atoms with E-state index in [0.717, 1.165) is 9.35 Å². The summed E-state index contributed by atoms with van der Waals surface area (Å²) in [5.41, 5.74) is 5.33. The molecule has 1 saturated carbocycles. The highest BCUT2D eigenvalue weighted by Gasteiger charge is 2.42. The topological polar surface area (TPSA) is 60.9 Å². The number of carbonyl (C=O) groups is 2. The molecule has 0 bridgehead atoms. The van der Waals surface area contributed by atoms with E-state index in [1.165, 1.54) is 73.1 Å². The molecule has 1 saturated heterocycles. The van der Waals surface area contributed by atoms with E-state index in [-0.39, 0.29) is 17.7 Å². The van der Waals surface area contributed by atoms with Crippen LogP contribution in [-0.2, 0) is 16.0 Å². The van der Waals surface area contributed by atoms with Gasteiger partial charge < -0.3 is 10.0 Å². The average Bonchev–Trinajstić information content (AvgIpc) is 3.77. The Balaban J connectivity index is 1.10. The van der Waals surface area contributed by atoms with Crippen LogP contribution in [0.25, 0.3) is 20.2 Å². The number of carboxylic acid groups (broad SMARTS) is 1. The van der Waals surface area contributed by atoms with Crippen molar-refractivity contribution in [2.45, 2.75) is 42.9 Å². The van der Waals surface area contributed by atoms with Crippen LogP contribution < -0.4 is 4.90 Å². The van der Waals surface area contributed by atoms with Crippen LogP contribution in [0.5, 0.6) is 0 Å².